The SMILES string of the molecule is CCCCCCCCCCCCCCCCCCCCCCCCCCCCCCCCCCCCCCCCCCCCCCCCC[C@@H]1C[C@@]2(O[C@H](C[C@H](O)[C@@H](OCc3ccc(OC)cc3)[C@H](O)[C@H](COCc3ccc(OC)cc3)OCc3ccccc3)[C@@H](OCc3ccccc3)[C@H](OCc3ccccc3)[C@@H]2OCc2ccccc2)OC(C)(C)O1. The van der Waals surface area contributed by atoms with E-state index in [1.165, 1.54) is 289 Å². The summed E-state index contributed by atoms with van der Waals surface area (Å²) in [7, 11) is 3.27. The molecule has 6 aromatic rings. The Morgan fingerprint density at radius 3 is 1.02 bits per heavy atom. The fraction of sp³-hybridized carbons (Fsp3) is 0.670. The van der Waals surface area contributed by atoms with Crippen molar-refractivity contribution in [2.45, 2.75) is 448 Å². The van der Waals surface area contributed by atoms with Crippen LogP contribution in [0, 0.1) is 0 Å². The zero-order valence-corrected chi connectivity index (χ0v) is 77.1. The van der Waals surface area contributed by atoms with Gasteiger partial charge in [0.25, 0.3) is 0 Å². The molecule has 2 N–H and O–H groups in total. The third-order valence-corrected chi connectivity index (χ3v) is 25.3. The topological polar surface area (TPSA) is 142 Å². The van der Waals surface area contributed by atoms with Crippen LogP contribution in [0.5, 0.6) is 11.5 Å². The molecule has 2 aliphatic rings. The standard InChI is InChI=1S/C109H168O13/c1-6-7-8-9-10-11-12-13-14-15-16-17-18-19-20-21-22-23-24-25-26-27-28-29-30-31-32-33-34-35-36-37-38-39-40-41-42-43-44-45-46-47-48-49-50-51-64-73-99-83-109(122-108(2,3)120-99)107(119-89-94-71-62-55-63-72-94)106(118-87-93-69-60-54-61-70-93)105(117-86-92-67-58-53-59-68-92)101(121-109)82-100(110)104(116-88-96-76-80-98(113-5)81-77-96)103(111)102(115-85-91-65-56-52-57-66-91)90-114-84-95-74-78-97(112-4)79-75-95/h52-63,65-72,74-81,99-107,110-111H,6-51,64,73,82-90H2,1-5H3/t99-,100+,101-,102+,103-,104-,105-,106+,107+,109-/m1/s1. The summed E-state index contributed by atoms with van der Waals surface area (Å²) in [6.45, 7) is 7.29. The van der Waals surface area contributed by atoms with Crippen LogP contribution in [-0.2, 0) is 82.3 Å². The highest BCUT2D eigenvalue weighted by Gasteiger charge is 2.62. The Hall–Kier alpha value is -5.52. The Bertz CT molecular complexity index is 3400. The van der Waals surface area contributed by atoms with Crippen LogP contribution in [0.25, 0.3) is 0 Å². The zero-order valence-electron chi connectivity index (χ0n) is 77.1. The maximum atomic E-state index is 13.4. The van der Waals surface area contributed by atoms with Crippen LogP contribution in [-0.4, -0.2) is 97.5 Å². The van der Waals surface area contributed by atoms with E-state index in [1.807, 2.05) is 159 Å². The van der Waals surface area contributed by atoms with Crippen LogP contribution < -0.4 is 9.47 Å². The summed E-state index contributed by atoms with van der Waals surface area (Å²) in [5.74, 6) is -1.20. The van der Waals surface area contributed by atoms with Gasteiger partial charge in [0.2, 0.25) is 5.79 Å². The van der Waals surface area contributed by atoms with Crippen LogP contribution >= 0.6 is 0 Å². The van der Waals surface area contributed by atoms with Gasteiger partial charge in [-0.05, 0) is 77.9 Å². The minimum absolute atomic E-state index is 0.0268. The number of benzene rings is 6. The zero-order chi connectivity index (χ0) is 85.7. The lowest BCUT2D eigenvalue weighted by molar-refractivity contribution is -0.462. The summed E-state index contributed by atoms with van der Waals surface area (Å²) in [5, 5.41) is 26.4. The average molecular weight is 1690 g/mol. The molecular formula is C109H168O13. The molecule has 0 unspecified atom stereocenters. The molecule has 1 spiro atoms. The molecule has 0 radical (unpaired) electrons. The van der Waals surface area contributed by atoms with Gasteiger partial charge in [0.1, 0.15) is 48.1 Å². The van der Waals surface area contributed by atoms with Crippen molar-refractivity contribution in [1.29, 1.82) is 0 Å². The van der Waals surface area contributed by atoms with E-state index in [0.717, 1.165) is 58.4 Å². The summed E-state index contributed by atoms with van der Waals surface area (Å²) >= 11 is 0. The summed E-state index contributed by atoms with van der Waals surface area (Å²) in [6.07, 6.45) is 58.4. The highest BCUT2D eigenvalue weighted by atomic mass is 16.8. The van der Waals surface area contributed by atoms with E-state index in [0.29, 0.717) is 12.2 Å². The van der Waals surface area contributed by atoms with E-state index in [2.05, 4.69) is 31.2 Å². The number of ether oxygens (including phenoxy) is 11. The third kappa shape index (κ3) is 42.9. The fourth-order valence-corrected chi connectivity index (χ4v) is 18.1. The van der Waals surface area contributed by atoms with Gasteiger partial charge in [-0.2, -0.15) is 0 Å². The van der Waals surface area contributed by atoms with Gasteiger partial charge in [0.05, 0.1) is 78.8 Å². The van der Waals surface area contributed by atoms with E-state index < -0.39 is 60.4 Å². The number of aliphatic hydroxyl groups excluding tert-OH is 2. The molecule has 2 heterocycles. The Kier molecular flexibility index (Phi) is 53.7. The summed E-state index contributed by atoms with van der Waals surface area (Å²) in [6, 6.07) is 55.4. The van der Waals surface area contributed by atoms with Gasteiger partial charge in [0.15, 0.2) is 5.79 Å². The fourth-order valence-electron chi connectivity index (χ4n) is 18.1. The highest BCUT2D eigenvalue weighted by molar-refractivity contribution is 5.28. The molecule has 2 fully saturated rings. The Morgan fingerprint density at radius 2 is 0.656 bits per heavy atom. The number of rotatable bonds is 74. The molecule has 0 amide bonds. The van der Waals surface area contributed by atoms with Gasteiger partial charge in [-0.25, -0.2) is 0 Å². The first-order valence-corrected chi connectivity index (χ1v) is 49.5. The van der Waals surface area contributed by atoms with Gasteiger partial charge < -0.3 is 62.3 Å². The third-order valence-electron chi connectivity index (χ3n) is 25.3. The average Bonchev–Trinajstić information content (AvgIpc) is 0.730. The lowest BCUT2D eigenvalue weighted by Gasteiger charge is -2.57. The predicted octanol–water partition coefficient (Wildman–Crippen LogP) is 28.6. The van der Waals surface area contributed by atoms with Crippen molar-refractivity contribution in [1.82, 2.24) is 0 Å². The molecule has 0 aromatic heterocycles. The molecule has 2 saturated heterocycles. The Morgan fingerprint density at radius 1 is 0.344 bits per heavy atom. The second kappa shape index (κ2) is 64.2. The maximum absolute atomic E-state index is 13.4. The number of hydrogen-bond acceptors (Lipinski definition) is 13. The van der Waals surface area contributed by atoms with E-state index in [4.69, 9.17) is 52.1 Å². The molecule has 0 bridgehead atoms. The van der Waals surface area contributed by atoms with E-state index >= 15 is 0 Å². The molecule has 10 atom stereocenters. The summed E-state index contributed by atoms with van der Waals surface area (Å²) in [4.78, 5) is 0. The maximum Gasteiger partial charge on any atom is 0.203 e. The van der Waals surface area contributed by atoms with Crippen molar-refractivity contribution >= 4 is 0 Å². The molecule has 122 heavy (non-hydrogen) atoms. The van der Waals surface area contributed by atoms with Crippen LogP contribution in [0.1, 0.15) is 375 Å². The number of hydrogen-bond donors (Lipinski definition) is 2. The number of aliphatic hydroxyl groups is 2. The van der Waals surface area contributed by atoms with Crippen molar-refractivity contribution in [3.63, 3.8) is 0 Å². The predicted molar refractivity (Wildman–Crippen MR) is 500 cm³/mol. The van der Waals surface area contributed by atoms with Gasteiger partial charge in [-0.1, -0.05) is 454 Å². The van der Waals surface area contributed by atoms with Gasteiger partial charge in [-0.15, -0.1) is 0 Å². The first-order valence-electron chi connectivity index (χ1n) is 49.5. The Balaban J connectivity index is 0.755. The normalized spacial score (nSPS) is 18.8. The van der Waals surface area contributed by atoms with Gasteiger partial charge >= 0.3 is 0 Å². The van der Waals surface area contributed by atoms with Gasteiger partial charge in [-0.3, -0.25) is 0 Å². The Labute approximate surface area is 741 Å². The van der Waals surface area contributed by atoms with Crippen molar-refractivity contribution in [2.24, 2.45) is 0 Å². The van der Waals surface area contributed by atoms with Crippen LogP contribution in [0.2, 0.25) is 0 Å². The molecule has 0 aliphatic carbocycles. The van der Waals surface area contributed by atoms with Gasteiger partial charge in [0, 0.05) is 12.8 Å². The molecule has 682 valence electrons. The largest absolute Gasteiger partial charge is 0.497 e. The summed E-state index contributed by atoms with van der Waals surface area (Å²) < 4.78 is 74.8. The highest BCUT2D eigenvalue weighted by Crippen LogP contribution is 2.48. The van der Waals surface area contributed by atoms with E-state index in [9.17, 15) is 10.2 Å². The van der Waals surface area contributed by atoms with E-state index in [-0.39, 0.29) is 58.8 Å². The molecular weight excluding hydrogens is 1520 g/mol. The number of unbranched alkanes of at least 4 members (excludes halogenated alkanes) is 46. The van der Waals surface area contributed by atoms with Crippen molar-refractivity contribution in [2.75, 3.05) is 20.8 Å². The van der Waals surface area contributed by atoms with Crippen LogP contribution in [0.4, 0.5) is 0 Å². The number of methoxy groups -OCH3 is 2. The summed E-state index contributed by atoms with van der Waals surface area (Å²) in [5.41, 5.74) is 5.52. The first kappa shape index (κ1) is 102. The molecule has 2 aliphatic heterocycles. The van der Waals surface area contributed by atoms with Crippen molar-refractivity contribution in [3.8, 4) is 11.5 Å². The second-order valence-electron chi connectivity index (χ2n) is 36.3. The van der Waals surface area contributed by atoms with Crippen LogP contribution in [0.15, 0.2) is 170 Å². The smallest absolute Gasteiger partial charge is 0.203 e. The van der Waals surface area contributed by atoms with E-state index in [1.54, 1.807) is 14.2 Å². The molecule has 0 saturated carbocycles. The van der Waals surface area contributed by atoms with Crippen molar-refractivity contribution < 1.29 is 62.3 Å². The van der Waals surface area contributed by atoms with Crippen LogP contribution in [0.3, 0.4) is 0 Å². The van der Waals surface area contributed by atoms with Crippen molar-refractivity contribution in [3.05, 3.63) is 203 Å². The first-order chi connectivity index (χ1) is 60.0. The lowest BCUT2D eigenvalue weighted by atomic mass is 9.84. The molecule has 13 nitrogen and oxygen atoms in total. The molecule has 6 aromatic carbocycles. The quantitative estimate of drug-likeness (QED) is 0.0350. The minimum Gasteiger partial charge on any atom is -0.497 e. The lowest BCUT2D eigenvalue weighted by Crippen LogP contribution is -2.71. The second-order valence-corrected chi connectivity index (χ2v) is 36.3. The molecule has 13 heteroatoms. The minimum atomic E-state index is -1.49. The monoisotopic (exact) mass is 1690 g/mol. The molecule has 8 rings (SSSR count).